The van der Waals surface area contributed by atoms with Crippen LogP contribution in [0, 0.1) is 17.1 Å². The van der Waals surface area contributed by atoms with E-state index in [2.05, 4.69) is 16.3 Å². The molecule has 2 aromatic carbocycles. The molecule has 1 saturated heterocycles. The van der Waals surface area contributed by atoms with E-state index in [1.165, 1.54) is 10.4 Å². The van der Waals surface area contributed by atoms with Crippen molar-refractivity contribution in [2.75, 3.05) is 0 Å². The van der Waals surface area contributed by atoms with Gasteiger partial charge in [-0.2, -0.15) is 9.57 Å². The molecule has 2 aliphatic rings. The molecule has 3 aromatic rings. The van der Waals surface area contributed by atoms with Crippen molar-refractivity contribution in [2.45, 2.75) is 74.7 Å². The normalized spacial score (nSPS) is 28.4. The molecule has 0 amide bonds. The van der Waals surface area contributed by atoms with Crippen molar-refractivity contribution in [1.29, 1.82) is 5.26 Å². The fourth-order valence-corrected chi connectivity index (χ4v) is 7.94. The monoisotopic (exact) mass is 507 g/mol. The van der Waals surface area contributed by atoms with Gasteiger partial charge in [-0.25, -0.2) is 12.8 Å². The zero-order valence-electron chi connectivity index (χ0n) is 20.3. The zero-order valence-corrected chi connectivity index (χ0v) is 21.1. The van der Waals surface area contributed by atoms with Crippen LogP contribution in [0.2, 0.25) is 0 Å². The Labute approximate surface area is 211 Å². The molecule has 2 fully saturated rings. The van der Waals surface area contributed by atoms with Gasteiger partial charge in [0.05, 0.1) is 11.5 Å². The first-order chi connectivity index (χ1) is 17.3. The summed E-state index contributed by atoms with van der Waals surface area (Å²) in [6.45, 7) is 1.86. The van der Waals surface area contributed by atoms with Gasteiger partial charge in [0.15, 0.2) is 0 Å². The van der Waals surface area contributed by atoms with E-state index in [0.717, 1.165) is 18.4 Å². The number of benzene rings is 2. The first-order valence-corrected chi connectivity index (χ1v) is 13.9. The van der Waals surface area contributed by atoms with Gasteiger partial charge in [0.1, 0.15) is 23.7 Å². The predicted molar refractivity (Wildman–Crippen MR) is 134 cm³/mol. The minimum Gasteiger partial charge on any atom is -0.317 e. The summed E-state index contributed by atoms with van der Waals surface area (Å²) in [4.78, 5) is 0. The maximum Gasteiger partial charge on any atom is 0.221 e. The minimum absolute atomic E-state index is 0.0196. The quantitative estimate of drug-likeness (QED) is 0.482. The molecule has 36 heavy (non-hydrogen) atoms. The molecule has 188 valence electrons. The highest BCUT2D eigenvalue weighted by Crippen LogP contribution is 2.43. The van der Waals surface area contributed by atoms with E-state index in [-0.39, 0.29) is 18.6 Å². The number of rotatable bonds is 5. The van der Waals surface area contributed by atoms with Gasteiger partial charge in [-0.05, 0) is 62.6 Å². The highest BCUT2D eigenvalue weighted by Gasteiger charge is 2.41. The van der Waals surface area contributed by atoms with Gasteiger partial charge < -0.3 is 4.57 Å². The van der Waals surface area contributed by atoms with Crippen molar-refractivity contribution < 1.29 is 12.8 Å². The molecule has 0 spiro atoms. The van der Waals surface area contributed by atoms with Crippen molar-refractivity contribution in [3.05, 3.63) is 83.7 Å². The van der Waals surface area contributed by atoms with Crippen LogP contribution in [0.5, 0.6) is 0 Å². The summed E-state index contributed by atoms with van der Waals surface area (Å²) in [6.07, 6.45) is 7.42. The topological polar surface area (TPSA) is 91.9 Å². The van der Waals surface area contributed by atoms with Crippen LogP contribution in [0.4, 0.5) is 4.39 Å². The zero-order chi connectivity index (χ0) is 25.3. The van der Waals surface area contributed by atoms with E-state index in [1.54, 1.807) is 24.8 Å². The maximum absolute atomic E-state index is 15.4. The van der Waals surface area contributed by atoms with Crippen LogP contribution in [0.15, 0.2) is 61.2 Å². The lowest BCUT2D eigenvalue weighted by atomic mass is 9.69. The second-order valence-electron chi connectivity index (χ2n) is 10.1. The van der Waals surface area contributed by atoms with E-state index in [9.17, 15) is 13.7 Å². The molecule has 2 unspecified atom stereocenters. The number of nitriles is 1. The van der Waals surface area contributed by atoms with E-state index >= 15 is 4.39 Å². The molecule has 2 heterocycles. The van der Waals surface area contributed by atoms with Crippen LogP contribution in [-0.2, 0) is 22.0 Å². The third-order valence-corrected chi connectivity index (χ3v) is 10.4. The molecule has 1 aliphatic carbocycles. The first-order valence-electron chi connectivity index (χ1n) is 12.4. The van der Waals surface area contributed by atoms with Gasteiger partial charge >= 0.3 is 0 Å². The molecular weight excluding hydrogens is 477 g/mol. The van der Waals surface area contributed by atoms with Gasteiger partial charge in [0.2, 0.25) is 10.0 Å². The highest BCUT2D eigenvalue weighted by molar-refractivity contribution is 7.89. The first kappa shape index (κ1) is 24.6. The van der Waals surface area contributed by atoms with Crippen molar-refractivity contribution in [2.24, 2.45) is 0 Å². The van der Waals surface area contributed by atoms with Gasteiger partial charge in [0.25, 0.3) is 0 Å². The van der Waals surface area contributed by atoms with Gasteiger partial charge in [-0.3, -0.25) is 0 Å². The molecule has 0 radical (unpaired) electrons. The molecule has 1 aromatic heterocycles. The Morgan fingerprint density at radius 3 is 2.39 bits per heavy atom. The average molecular weight is 508 g/mol. The van der Waals surface area contributed by atoms with E-state index in [0.29, 0.717) is 36.8 Å². The standard InChI is InChI=1S/C27H30FN5O2S/c1-20-7-10-26(21-5-3-2-4-6-21)36(34,35)33(20)16-22-8-9-23(15-25(22)28)27(17-29)13-11-24(12-14-27)32-18-30-31-19-32/h2-6,8-9,15,18-20,24,26H,7,10-14,16H2,1H3. The highest BCUT2D eigenvalue weighted by atomic mass is 32.2. The minimum atomic E-state index is -3.65. The lowest BCUT2D eigenvalue weighted by molar-refractivity contribution is 0.274. The predicted octanol–water partition coefficient (Wildman–Crippen LogP) is 5.05. The molecule has 1 saturated carbocycles. The number of halogens is 1. The molecule has 7 nitrogen and oxygen atoms in total. The van der Waals surface area contributed by atoms with E-state index < -0.39 is 26.5 Å². The average Bonchev–Trinajstić information content (AvgIpc) is 3.43. The molecule has 2 atom stereocenters. The lowest BCUT2D eigenvalue weighted by Crippen LogP contribution is -2.44. The summed E-state index contributed by atoms with van der Waals surface area (Å²) in [6, 6.07) is 16.6. The van der Waals surface area contributed by atoms with Gasteiger partial charge in [-0.15, -0.1) is 10.2 Å². The Hall–Kier alpha value is -3.09. The third kappa shape index (κ3) is 4.44. The maximum atomic E-state index is 15.4. The van der Waals surface area contributed by atoms with Crippen molar-refractivity contribution in [1.82, 2.24) is 19.1 Å². The lowest BCUT2D eigenvalue weighted by Gasteiger charge is -2.38. The smallest absolute Gasteiger partial charge is 0.221 e. The second-order valence-corrected chi connectivity index (χ2v) is 12.1. The summed E-state index contributed by atoms with van der Waals surface area (Å²) < 4.78 is 45.9. The van der Waals surface area contributed by atoms with Crippen LogP contribution in [0.3, 0.4) is 0 Å². The number of hydrogen-bond acceptors (Lipinski definition) is 5. The molecule has 1 aliphatic heterocycles. The summed E-state index contributed by atoms with van der Waals surface area (Å²) >= 11 is 0. The third-order valence-electron chi connectivity index (χ3n) is 8.01. The van der Waals surface area contributed by atoms with Crippen LogP contribution in [-0.4, -0.2) is 33.5 Å². The molecule has 5 rings (SSSR count). The van der Waals surface area contributed by atoms with E-state index in [4.69, 9.17) is 0 Å². The van der Waals surface area contributed by atoms with Crippen molar-refractivity contribution in [3.63, 3.8) is 0 Å². The Balaban J connectivity index is 1.36. The van der Waals surface area contributed by atoms with Gasteiger partial charge in [0, 0.05) is 24.2 Å². The fraction of sp³-hybridized carbons (Fsp3) is 0.444. The van der Waals surface area contributed by atoms with Crippen LogP contribution < -0.4 is 0 Å². The van der Waals surface area contributed by atoms with Crippen LogP contribution in [0.25, 0.3) is 0 Å². The molecular formula is C27H30FN5O2S. The number of sulfonamides is 1. The van der Waals surface area contributed by atoms with E-state index in [1.807, 2.05) is 41.8 Å². The summed E-state index contributed by atoms with van der Waals surface area (Å²) in [5, 5.41) is 17.2. The largest absolute Gasteiger partial charge is 0.317 e. The Morgan fingerprint density at radius 1 is 1.06 bits per heavy atom. The van der Waals surface area contributed by atoms with Crippen LogP contribution >= 0.6 is 0 Å². The SMILES string of the molecule is CC1CCC(c2ccccc2)S(=O)(=O)N1Cc1ccc(C2(C#N)CCC(n3cnnc3)CC2)cc1F. The summed E-state index contributed by atoms with van der Waals surface area (Å²) in [5.74, 6) is -0.465. The van der Waals surface area contributed by atoms with Gasteiger partial charge in [-0.1, -0.05) is 42.5 Å². The Kier molecular flexibility index (Phi) is 6.66. The Bertz CT molecular complexity index is 1350. The van der Waals surface area contributed by atoms with Crippen LogP contribution in [0.1, 0.15) is 73.4 Å². The van der Waals surface area contributed by atoms with Crippen molar-refractivity contribution in [3.8, 4) is 6.07 Å². The summed E-state index contributed by atoms with van der Waals surface area (Å²) in [7, 11) is -3.65. The Morgan fingerprint density at radius 2 is 1.75 bits per heavy atom. The second kappa shape index (κ2) is 9.75. The number of hydrogen-bond donors (Lipinski definition) is 0. The molecule has 9 heteroatoms. The van der Waals surface area contributed by atoms with Crippen molar-refractivity contribution >= 4 is 10.0 Å². The molecule has 0 N–H and O–H groups in total. The fourth-order valence-electron chi connectivity index (χ4n) is 5.75. The number of nitrogens with zero attached hydrogens (tertiary/aromatic N) is 5. The molecule has 0 bridgehead atoms. The number of aromatic nitrogens is 3. The summed E-state index contributed by atoms with van der Waals surface area (Å²) in [5.41, 5.74) is 0.995.